The molecule has 39 heavy (non-hydrogen) atoms. The summed E-state index contributed by atoms with van der Waals surface area (Å²) in [6.07, 6.45) is 1.61. The Morgan fingerprint density at radius 1 is 1.10 bits per heavy atom. The first kappa shape index (κ1) is 26.1. The Bertz CT molecular complexity index is 1630. The number of rotatable bonds is 8. The largest absolute Gasteiger partial charge is 0.507 e. The third-order valence-electron chi connectivity index (χ3n) is 6.25. The van der Waals surface area contributed by atoms with Gasteiger partial charge in [-0.15, -0.1) is 0 Å². The van der Waals surface area contributed by atoms with E-state index in [4.69, 9.17) is 9.47 Å². The number of hydrogen-bond acceptors (Lipinski definition) is 7. The predicted molar refractivity (Wildman–Crippen MR) is 149 cm³/mol. The van der Waals surface area contributed by atoms with Crippen molar-refractivity contribution in [1.82, 2.24) is 4.98 Å². The number of Topliss-reactive ketones (excluding diaryl/α,β-unsaturated/α-hetero) is 1. The van der Waals surface area contributed by atoms with E-state index < -0.39 is 23.5 Å². The highest BCUT2D eigenvalue weighted by molar-refractivity contribution is 7.22. The van der Waals surface area contributed by atoms with E-state index in [2.05, 4.69) is 11.6 Å². The van der Waals surface area contributed by atoms with E-state index >= 15 is 0 Å². The van der Waals surface area contributed by atoms with Crippen LogP contribution >= 0.6 is 11.3 Å². The molecule has 1 saturated heterocycles. The first-order chi connectivity index (χ1) is 18.8. The van der Waals surface area contributed by atoms with Crippen molar-refractivity contribution in [3.05, 3.63) is 101 Å². The minimum absolute atomic E-state index is 0.0866. The summed E-state index contributed by atoms with van der Waals surface area (Å²) in [7, 11) is 0. The van der Waals surface area contributed by atoms with Gasteiger partial charge >= 0.3 is 5.91 Å². The number of hydrogen-bond donors (Lipinski definition) is 1. The van der Waals surface area contributed by atoms with Crippen LogP contribution in [-0.2, 0) is 9.59 Å². The second-order valence-corrected chi connectivity index (χ2v) is 9.89. The molecule has 5 rings (SSSR count). The molecule has 2 heterocycles. The van der Waals surface area contributed by atoms with Gasteiger partial charge in [-0.2, -0.15) is 0 Å². The number of ether oxygens (including phenoxy) is 2. The lowest BCUT2D eigenvalue weighted by Gasteiger charge is -2.24. The molecular weight excluding hydrogens is 519 g/mol. The minimum atomic E-state index is -1.02. The van der Waals surface area contributed by atoms with Crippen molar-refractivity contribution in [2.24, 2.45) is 0 Å². The zero-order valence-corrected chi connectivity index (χ0v) is 22.1. The van der Waals surface area contributed by atoms with Gasteiger partial charge in [-0.25, -0.2) is 9.37 Å². The molecule has 1 amide bonds. The van der Waals surface area contributed by atoms with Crippen LogP contribution in [0, 0.1) is 12.7 Å². The van der Waals surface area contributed by atoms with Crippen molar-refractivity contribution >= 4 is 44.1 Å². The Morgan fingerprint density at radius 2 is 1.87 bits per heavy atom. The monoisotopic (exact) mass is 544 g/mol. The Morgan fingerprint density at radius 3 is 2.59 bits per heavy atom. The lowest BCUT2D eigenvalue weighted by molar-refractivity contribution is -0.132. The van der Waals surface area contributed by atoms with Gasteiger partial charge in [-0.1, -0.05) is 59.9 Å². The Kier molecular flexibility index (Phi) is 7.17. The second-order valence-electron chi connectivity index (χ2n) is 8.88. The molecule has 7 nitrogen and oxygen atoms in total. The van der Waals surface area contributed by atoms with Crippen LogP contribution in [0.4, 0.5) is 9.52 Å². The summed E-state index contributed by atoms with van der Waals surface area (Å²) in [6.45, 7) is 8.01. The van der Waals surface area contributed by atoms with Gasteiger partial charge in [0.15, 0.2) is 16.6 Å². The van der Waals surface area contributed by atoms with Crippen LogP contribution < -0.4 is 14.4 Å². The van der Waals surface area contributed by atoms with Crippen LogP contribution in [0.5, 0.6) is 11.5 Å². The van der Waals surface area contributed by atoms with Crippen molar-refractivity contribution < 1.29 is 28.6 Å². The van der Waals surface area contributed by atoms with Crippen molar-refractivity contribution in [2.75, 3.05) is 18.1 Å². The number of benzene rings is 3. The number of aliphatic hydroxyl groups is 1. The number of halogens is 1. The second kappa shape index (κ2) is 10.7. The average Bonchev–Trinajstić information content (AvgIpc) is 3.45. The van der Waals surface area contributed by atoms with Crippen LogP contribution in [0.3, 0.4) is 0 Å². The standard InChI is InChI=1S/C30H25FN2O5S/c1-4-14-38-22-13-10-19(15-23(22)37-5-2)26-25(27(34)18-8-6-17(3)7-9-18)28(35)29(36)33(26)30-32-21-12-11-20(31)16-24(21)39-30/h4,6-13,15-16,26,34H,1,5,14H2,2-3H3. The summed E-state index contributed by atoms with van der Waals surface area (Å²) < 4.78 is 25.9. The first-order valence-corrected chi connectivity index (χ1v) is 13.1. The van der Waals surface area contributed by atoms with Gasteiger partial charge in [0.1, 0.15) is 18.2 Å². The predicted octanol–water partition coefficient (Wildman–Crippen LogP) is 6.33. The summed E-state index contributed by atoms with van der Waals surface area (Å²) in [5.41, 5.74) is 2.27. The van der Waals surface area contributed by atoms with Crippen LogP contribution in [0.15, 0.2) is 78.9 Å². The highest BCUT2D eigenvalue weighted by atomic mass is 32.1. The topological polar surface area (TPSA) is 89.0 Å². The van der Waals surface area contributed by atoms with E-state index in [0.717, 1.165) is 16.9 Å². The van der Waals surface area contributed by atoms with Gasteiger partial charge in [-0.3, -0.25) is 14.5 Å². The molecule has 4 aromatic rings. The van der Waals surface area contributed by atoms with Crippen LogP contribution in [-0.4, -0.2) is 35.0 Å². The lowest BCUT2D eigenvalue weighted by Crippen LogP contribution is -2.29. The number of fused-ring (bicyclic) bond motifs is 1. The van der Waals surface area contributed by atoms with E-state index in [1.807, 2.05) is 13.8 Å². The molecule has 0 spiro atoms. The zero-order chi connectivity index (χ0) is 27.7. The van der Waals surface area contributed by atoms with Crippen molar-refractivity contribution in [3.8, 4) is 11.5 Å². The van der Waals surface area contributed by atoms with Gasteiger partial charge in [0.05, 0.1) is 28.4 Å². The molecule has 0 radical (unpaired) electrons. The normalized spacial score (nSPS) is 16.6. The fourth-order valence-corrected chi connectivity index (χ4v) is 5.45. The number of aromatic nitrogens is 1. The highest BCUT2D eigenvalue weighted by Gasteiger charge is 2.48. The summed E-state index contributed by atoms with van der Waals surface area (Å²) in [4.78, 5) is 32.8. The molecule has 3 aromatic carbocycles. The molecule has 0 saturated carbocycles. The van der Waals surface area contributed by atoms with Crippen molar-refractivity contribution in [3.63, 3.8) is 0 Å². The molecule has 1 aliphatic heterocycles. The van der Waals surface area contributed by atoms with E-state index in [-0.39, 0.29) is 23.1 Å². The summed E-state index contributed by atoms with van der Waals surface area (Å²) in [5, 5.41) is 11.6. The maximum atomic E-state index is 13.9. The molecule has 0 bridgehead atoms. The molecule has 1 aliphatic rings. The molecule has 198 valence electrons. The van der Waals surface area contributed by atoms with Gasteiger partial charge in [0.2, 0.25) is 0 Å². The van der Waals surface area contributed by atoms with Crippen molar-refractivity contribution in [1.29, 1.82) is 0 Å². The van der Waals surface area contributed by atoms with E-state index in [9.17, 15) is 19.1 Å². The molecule has 1 aromatic heterocycles. The number of thiazole rings is 1. The molecule has 0 aliphatic carbocycles. The number of carbonyl (C=O) groups is 2. The fourth-order valence-electron chi connectivity index (χ4n) is 4.43. The third kappa shape index (κ3) is 4.88. The van der Waals surface area contributed by atoms with E-state index in [0.29, 0.717) is 39.4 Å². The zero-order valence-electron chi connectivity index (χ0n) is 21.3. The van der Waals surface area contributed by atoms with Crippen molar-refractivity contribution in [2.45, 2.75) is 19.9 Å². The molecule has 9 heteroatoms. The molecule has 1 fully saturated rings. The number of ketones is 1. The minimum Gasteiger partial charge on any atom is -0.507 e. The highest BCUT2D eigenvalue weighted by Crippen LogP contribution is 2.46. The average molecular weight is 545 g/mol. The number of anilines is 1. The maximum Gasteiger partial charge on any atom is 0.301 e. The van der Waals surface area contributed by atoms with Gasteiger partial charge in [0.25, 0.3) is 5.78 Å². The van der Waals surface area contributed by atoms with E-state index in [1.165, 1.54) is 23.1 Å². The number of aryl methyl sites for hydroxylation is 1. The Labute approximate surface area is 228 Å². The molecular formula is C30H25FN2O5S. The molecule has 1 N–H and O–H groups in total. The molecule has 1 unspecified atom stereocenters. The van der Waals surface area contributed by atoms with Gasteiger partial charge < -0.3 is 14.6 Å². The Balaban J connectivity index is 1.72. The first-order valence-electron chi connectivity index (χ1n) is 12.3. The lowest BCUT2D eigenvalue weighted by atomic mass is 9.95. The number of nitrogens with zero attached hydrogens (tertiary/aromatic N) is 2. The quantitative estimate of drug-likeness (QED) is 0.121. The smallest absolute Gasteiger partial charge is 0.301 e. The summed E-state index contributed by atoms with van der Waals surface area (Å²) in [5.74, 6) is -1.58. The van der Waals surface area contributed by atoms with Crippen LogP contribution in [0.1, 0.15) is 29.7 Å². The number of aliphatic hydroxyl groups excluding tert-OH is 1. The third-order valence-corrected chi connectivity index (χ3v) is 7.27. The maximum absolute atomic E-state index is 13.9. The Hall–Kier alpha value is -4.50. The van der Waals surface area contributed by atoms with Crippen LogP contribution in [0.25, 0.3) is 16.0 Å². The summed E-state index contributed by atoms with van der Waals surface area (Å²) in [6, 6.07) is 15.2. The van der Waals surface area contributed by atoms with Gasteiger partial charge in [0, 0.05) is 5.56 Å². The van der Waals surface area contributed by atoms with E-state index in [1.54, 1.807) is 48.5 Å². The molecule has 1 atom stereocenters. The number of amides is 1. The number of carbonyl (C=O) groups excluding carboxylic acids is 2. The SMILES string of the molecule is C=CCOc1ccc(C2C(=C(O)c3ccc(C)cc3)C(=O)C(=O)N2c2nc3ccc(F)cc3s2)cc1OCC. The fraction of sp³-hybridized carbons (Fsp3) is 0.167. The van der Waals surface area contributed by atoms with Crippen LogP contribution in [0.2, 0.25) is 0 Å². The van der Waals surface area contributed by atoms with Gasteiger partial charge in [-0.05, 0) is 49.7 Å². The summed E-state index contributed by atoms with van der Waals surface area (Å²) >= 11 is 1.08.